The molecule has 1 aromatic carbocycles. The normalized spacial score (nSPS) is 20.0. The number of fused-ring (bicyclic) bond motifs is 1. The van der Waals surface area contributed by atoms with Gasteiger partial charge in [0.2, 0.25) is 5.91 Å². The molecular weight excluding hydrogens is 382 g/mol. The van der Waals surface area contributed by atoms with Crippen LogP contribution in [0.2, 0.25) is 0 Å². The third kappa shape index (κ3) is 4.67. The Kier molecular flexibility index (Phi) is 5.34. The highest BCUT2D eigenvalue weighted by Gasteiger charge is 2.46. The number of nitrogens with one attached hydrogen (secondary N) is 1. The lowest BCUT2D eigenvalue weighted by Crippen LogP contribution is -2.44. The van der Waals surface area contributed by atoms with Crippen LogP contribution in [0.4, 0.5) is 10.5 Å². The quantitative estimate of drug-likeness (QED) is 0.771. The van der Waals surface area contributed by atoms with Gasteiger partial charge in [-0.25, -0.2) is 4.79 Å². The molecule has 7 heteroatoms. The van der Waals surface area contributed by atoms with E-state index in [0.717, 1.165) is 0 Å². The van der Waals surface area contributed by atoms with E-state index in [1.54, 1.807) is 39.0 Å². The molecule has 0 unspecified atom stereocenters. The molecule has 0 radical (unpaired) electrons. The van der Waals surface area contributed by atoms with Gasteiger partial charge in [0.1, 0.15) is 5.60 Å². The summed E-state index contributed by atoms with van der Waals surface area (Å²) in [7, 11) is 0. The molecule has 162 valence electrons. The Hall–Kier alpha value is -2.41. The van der Waals surface area contributed by atoms with Crippen LogP contribution >= 0.6 is 0 Å². The number of Topliss-reactive ketones (excluding diaryl/α,β-unsaturated/α-hetero) is 1. The summed E-state index contributed by atoms with van der Waals surface area (Å²) < 4.78 is 5.40. The number of amides is 2. The van der Waals surface area contributed by atoms with Crippen molar-refractivity contribution in [1.29, 1.82) is 0 Å². The van der Waals surface area contributed by atoms with Crippen LogP contribution in [-0.2, 0) is 16.1 Å². The zero-order valence-electron chi connectivity index (χ0n) is 17.9. The summed E-state index contributed by atoms with van der Waals surface area (Å²) in [6.45, 7) is 5.62. The van der Waals surface area contributed by atoms with E-state index in [1.807, 2.05) is 0 Å². The molecule has 4 rings (SSSR count). The molecule has 1 heterocycles. The number of carbonyl (C=O) groups excluding carboxylic acids is 3. The van der Waals surface area contributed by atoms with Crippen LogP contribution < -0.4 is 11.1 Å². The molecule has 1 aromatic rings. The van der Waals surface area contributed by atoms with E-state index in [1.165, 1.54) is 30.6 Å². The van der Waals surface area contributed by atoms with Crippen molar-refractivity contribution < 1.29 is 19.1 Å². The summed E-state index contributed by atoms with van der Waals surface area (Å²) >= 11 is 0. The van der Waals surface area contributed by atoms with Crippen LogP contribution in [-0.4, -0.2) is 40.9 Å². The number of nitrogens with two attached hydrogens (primary N) is 1. The molecule has 1 atom stereocenters. The summed E-state index contributed by atoms with van der Waals surface area (Å²) in [5, 5.41) is 2.92. The summed E-state index contributed by atoms with van der Waals surface area (Å²) in [6.07, 6.45) is 4.16. The van der Waals surface area contributed by atoms with Crippen molar-refractivity contribution in [2.45, 2.75) is 64.6 Å². The fraction of sp³-hybridized carbons (Fsp3) is 0.609. The average molecular weight is 414 g/mol. The maximum absolute atomic E-state index is 12.8. The number of ketones is 1. The van der Waals surface area contributed by atoms with E-state index in [2.05, 4.69) is 5.32 Å². The monoisotopic (exact) mass is 413 g/mol. The first-order valence-corrected chi connectivity index (χ1v) is 10.8. The van der Waals surface area contributed by atoms with Crippen molar-refractivity contribution in [3.63, 3.8) is 0 Å². The summed E-state index contributed by atoms with van der Waals surface area (Å²) in [5.74, 6) is 1.12. The van der Waals surface area contributed by atoms with Crippen molar-refractivity contribution in [1.82, 2.24) is 4.90 Å². The van der Waals surface area contributed by atoms with Crippen LogP contribution in [0.5, 0.6) is 0 Å². The van der Waals surface area contributed by atoms with Gasteiger partial charge in [-0.3, -0.25) is 14.5 Å². The number of nitrogens with zero attached hydrogens (tertiary/aromatic N) is 1. The predicted molar refractivity (Wildman–Crippen MR) is 113 cm³/mol. The Morgan fingerprint density at radius 3 is 2.33 bits per heavy atom. The largest absolute Gasteiger partial charge is 0.444 e. The molecule has 30 heavy (non-hydrogen) atoms. The summed E-state index contributed by atoms with van der Waals surface area (Å²) in [4.78, 5) is 39.1. The smallest absolute Gasteiger partial charge is 0.411 e. The van der Waals surface area contributed by atoms with Crippen molar-refractivity contribution in [3.05, 3.63) is 29.3 Å². The van der Waals surface area contributed by atoms with Crippen LogP contribution in [0.3, 0.4) is 0 Å². The van der Waals surface area contributed by atoms with Crippen LogP contribution in [0, 0.1) is 17.8 Å². The van der Waals surface area contributed by atoms with Gasteiger partial charge in [0, 0.05) is 11.3 Å². The second-order valence-corrected chi connectivity index (χ2v) is 9.90. The molecular formula is C23H31N3O4. The van der Waals surface area contributed by atoms with E-state index in [-0.39, 0.29) is 30.7 Å². The number of rotatable bonds is 5. The van der Waals surface area contributed by atoms with Gasteiger partial charge in [0.15, 0.2) is 5.78 Å². The molecule has 2 aliphatic carbocycles. The standard InChI is InChI=1S/C23H31N3O4/c1-23(2,3)30-22(29)26-11-15-10-16(8-9-17(15)18(27)12-26)25-21(28)20(24)19(13-4-5-13)14-6-7-14/h8-10,13-14,19-20H,4-7,11-12,24H2,1-3H3,(H,25,28)/t20-/m0/s1. The third-order valence-electron chi connectivity index (χ3n) is 6.07. The molecule has 0 saturated heterocycles. The lowest BCUT2D eigenvalue weighted by molar-refractivity contribution is -0.118. The topological polar surface area (TPSA) is 102 Å². The van der Waals surface area contributed by atoms with Gasteiger partial charge < -0.3 is 15.8 Å². The van der Waals surface area contributed by atoms with Gasteiger partial charge in [0.25, 0.3) is 0 Å². The van der Waals surface area contributed by atoms with Crippen molar-refractivity contribution in [2.75, 3.05) is 11.9 Å². The maximum Gasteiger partial charge on any atom is 0.411 e. The predicted octanol–water partition coefficient (Wildman–Crippen LogP) is 3.32. The number of benzene rings is 1. The molecule has 1 aliphatic heterocycles. The molecule has 3 aliphatic rings. The minimum atomic E-state index is -0.633. The van der Waals surface area contributed by atoms with Crippen molar-refractivity contribution in [2.24, 2.45) is 23.5 Å². The Bertz CT molecular complexity index is 856. The van der Waals surface area contributed by atoms with E-state index in [0.29, 0.717) is 28.7 Å². The highest BCUT2D eigenvalue weighted by molar-refractivity contribution is 6.02. The lowest BCUT2D eigenvalue weighted by atomic mass is 9.89. The molecule has 2 fully saturated rings. The Balaban J connectivity index is 1.45. The minimum absolute atomic E-state index is 0.0110. The molecule has 0 spiro atoms. The van der Waals surface area contributed by atoms with Gasteiger partial charge in [-0.2, -0.15) is 0 Å². The zero-order valence-corrected chi connectivity index (χ0v) is 17.9. The Morgan fingerprint density at radius 2 is 1.77 bits per heavy atom. The van der Waals surface area contributed by atoms with E-state index < -0.39 is 17.7 Å². The van der Waals surface area contributed by atoms with Gasteiger partial charge in [0.05, 0.1) is 19.1 Å². The molecule has 7 nitrogen and oxygen atoms in total. The van der Waals surface area contributed by atoms with Crippen molar-refractivity contribution in [3.8, 4) is 0 Å². The van der Waals surface area contributed by atoms with Gasteiger partial charge in [-0.15, -0.1) is 0 Å². The van der Waals surface area contributed by atoms with E-state index >= 15 is 0 Å². The molecule has 3 N–H and O–H groups in total. The second-order valence-electron chi connectivity index (χ2n) is 9.90. The van der Waals surface area contributed by atoms with Gasteiger partial charge >= 0.3 is 6.09 Å². The van der Waals surface area contributed by atoms with Crippen molar-refractivity contribution >= 4 is 23.5 Å². The van der Waals surface area contributed by atoms with Gasteiger partial charge in [-0.05, 0) is 88.0 Å². The first-order chi connectivity index (χ1) is 14.1. The highest BCUT2D eigenvalue weighted by Crippen LogP contribution is 2.50. The van der Waals surface area contributed by atoms with E-state index in [9.17, 15) is 14.4 Å². The highest BCUT2D eigenvalue weighted by atomic mass is 16.6. The number of carbonyl (C=O) groups is 3. The number of hydrogen-bond donors (Lipinski definition) is 2. The first kappa shape index (κ1) is 20.8. The minimum Gasteiger partial charge on any atom is -0.444 e. The molecule has 2 amide bonds. The summed E-state index contributed by atoms with van der Waals surface area (Å²) in [5.41, 5.74) is 7.57. The van der Waals surface area contributed by atoms with E-state index in [4.69, 9.17) is 10.5 Å². The maximum atomic E-state index is 12.8. The molecule has 2 saturated carbocycles. The fourth-order valence-electron chi connectivity index (χ4n) is 4.38. The van der Waals surface area contributed by atoms with Gasteiger partial charge in [-0.1, -0.05) is 0 Å². The Morgan fingerprint density at radius 1 is 1.13 bits per heavy atom. The SMILES string of the molecule is CC(C)(C)OC(=O)N1CC(=O)c2ccc(NC(=O)[C@@H](N)C(C3CC3)C3CC3)cc2C1. The number of ether oxygens (including phenoxy) is 1. The van der Waals surface area contributed by atoms with Crippen LogP contribution in [0.25, 0.3) is 0 Å². The fourth-order valence-corrected chi connectivity index (χ4v) is 4.38. The van der Waals surface area contributed by atoms with Crippen LogP contribution in [0.1, 0.15) is 62.4 Å². The molecule has 0 aromatic heterocycles. The Labute approximate surface area is 177 Å². The lowest BCUT2D eigenvalue weighted by Gasteiger charge is -2.30. The average Bonchev–Trinajstić information content (AvgIpc) is 3.55. The second kappa shape index (κ2) is 7.69. The van der Waals surface area contributed by atoms with Crippen LogP contribution in [0.15, 0.2) is 18.2 Å². The summed E-state index contributed by atoms with van der Waals surface area (Å²) in [6, 6.07) is 4.69. The molecule has 0 bridgehead atoms. The number of hydrogen-bond acceptors (Lipinski definition) is 5. The zero-order chi connectivity index (χ0) is 21.6. The first-order valence-electron chi connectivity index (χ1n) is 10.8. The third-order valence-corrected chi connectivity index (χ3v) is 6.07. The number of anilines is 1.